The zero-order valence-electron chi connectivity index (χ0n) is 15.1. The molecule has 3 aromatic rings. The molecular weight excluding hydrogens is 346 g/mol. The lowest BCUT2D eigenvalue weighted by molar-refractivity contribution is -0.117. The van der Waals surface area contributed by atoms with Gasteiger partial charge in [0.2, 0.25) is 5.91 Å². The lowest BCUT2D eigenvalue weighted by Crippen LogP contribution is -2.48. The van der Waals surface area contributed by atoms with E-state index in [9.17, 15) is 4.79 Å². The minimum absolute atomic E-state index is 0.0663. The van der Waals surface area contributed by atoms with Gasteiger partial charge in [-0.15, -0.1) is 0 Å². The molecule has 1 fully saturated rings. The maximum atomic E-state index is 12.4. The van der Waals surface area contributed by atoms with Gasteiger partial charge < -0.3 is 15.0 Å². The van der Waals surface area contributed by atoms with Crippen LogP contribution in [0.4, 0.5) is 11.4 Å². The Morgan fingerprint density at radius 2 is 1.89 bits per heavy atom. The van der Waals surface area contributed by atoms with Gasteiger partial charge in [0.25, 0.3) is 0 Å². The number of piperazine rings is 1. The van der Waals surface area contributed by atoms with Crippen LogP contribution >= 0.6 is 0 Å². The first kappa shape index (κ1) is 17.3. The van der Waals surface area contributed by atoms with Gasteiger partial charge in [-0.2, -0.15) is 0 Å². The van der Waals surface area contributed by atoms with Crippen molar-refractivity contribution in [2.45, 2.75) is 0 Å². The van der Waals surface area contributed by atoms with Gasteiger partial charge in [0.05, 0.1) is 19.3 Å². The highest BCUT2D eigenvalue weighted by molar-refractivity contribution is 5.99. The Morgan fingerprint density at radius 1 is 1.11 bits per heavy atom. The van der Waals surface area contributed by atoms with Crippen LogP contribution in [0.1, 0.15) is 0 Å². The van der Waals surface area contributed by atoms with Crippen LogP contribution in [0.15, 0.2) is 47.1 Å². The maximum Gasteiger partial charge on any atom is 0.238 e. The van der Waals surface area contributed by atoms with Crippen molar-refractivity contribution >= 4 is 28.3 Å². The zero-order valence-corrected chi connectivity index (χ0v) is 15.1. The second-order valence-electron chi connectivity index (χ2n) is 6.45. The van der Waals surface area contributed by atoms with Crippen molar-refractivity contribution in [1.29, 1.82) is 0 Å². The van der Waals surface area contributed by atoms with E-state index in [2.05, 4.69) is 37.6 Å². The summed E-state index contributed by atoms with van der Waals surface area (Å²) >= 11 is 0. The molecule has 1 aliphatic rings. The van der Waals surface area contributed by atoms with E-state index in [-0.39, 0.29) is 5.91 Å². The number of benzene rings is 2. The molecule has 1 N–H and O–H groups in total. The fourth-order valence-corrected chi connectivity index (χ4v) is 3.26. The number of carbonyl (C=O) groups is 1. The number of carbonyl (C=O) groups excluding carboxylic acids is 1. The van der Waals surface area contributed by atoms with E-state index >= 15 is 0 Å². The van der Waals surface area contributed by atoms with Crippen molar-refractivity contribution in [3.8, 4) is 5.75 Å². The quantitative estimate of drug-likeness (QED) is 0.738. The number of aromatic nitrogens is 2. The van der Waals surface area contributed by atoms with Crippen LogP contribution in [0.3, 0.4) is 0 Å². The third-order valence-electron chi connectivity index (χ3n) is 4.74. The molecule has 1 amide bonds. The maximum absolute atomic E-state index is 12.4. The van der Waals surface area contributed by atoms with Gasteiger partial charge in [0.15, 0.2) is 5.52 Å². The Bertz CT molecular complexity index is 916. The van der Waals surface area contributed by atoms with E-state index in [1.54, 1.807) is 19.2 Å². The Morgan fingerprint density at radius 3 is 2.63 bits per heavy atom. The average Bonchev–Trinajstić information content (AvgIpc) is 3.19. The third-order valence-corrected chi connectivity index (χ3v) is 4.74. The van der Waals surface area contributed by atoms with Crippen LogP contribution in [0.25, 0.3) is 11.0 Å². The molecule has 0 aliphatic carbocycles. The van der Waals surface area contributed by atoms with Gasteiger partial charge in [-0.3, -0.25) is 9.69 Å². The molecule has 0 saturated carbocycles. The Kier molecular flexibility index (Phi) is 4.88. The topological polar surface area (TPSA) is 83.7 Å². The Balaban J connectivity index is 1.31. The number of nitrogens with zero attached hydrogens (tertiary/aromatic N) is 4. The first-order valence-corrected chi connectivity index (χ1v) is 8.85. The zero-order chi connectivity index (χ0) is 18.6. The molecule has 0 spiro atoms. The Labute approximate surface area is 156 Å². The molecule has 0 unspecified atom stereocenters. The van der Waals surface area contributed by atoms with Gasteiger partial charge in [-0.05, 0) is 46.7 Å². The van der Waals surface area contributed by atoms with Crippen LogP contribution in [-0.2, 0) is 4.79 Å². The number of amides is 1. The highest BCUT2D eigenvalue weighted by Crippen LogP contribution is 2.21. The van der Waals surface area contributed by atoms with Crippen LogP contribution in [-0.4, -0.2) is 61.0 Å². The predicted molar refractivity (Wildman–Crippen MR) is 102 cm³/mol. The van der Waals surface area contributed by atoms with E-state index in [0.29, 0.717) is 23.3 Å². The van der Waals surface area contributed by atoms with E-state index in [0.717, 1.165) is 31.9 Å². The van der Waals surface area contributed by atoms with Gasteiger partial charge in [-0.25, -0.2) is 4.63 Å². The molecule has 27 heavy (non-hydrogen) atoms. The molecule has 0 bridgehead atoms. The van der Waals surface area contributed by atoms with Crippen molar-refractivity contribution in [3.63, 3.8) is 0 Å². The van der Waals surface area contributed by atoms with E-state index in [4.69, 9.17) is 9.37 Å². The lowest BCUT2D eigenvalue weighted by Gasteiger charge is -2.35. The molecule has 8 heteroatoms. The average molecular weight is 367 g/mol. The van der Waals surface area contributed by atoms with Crippen LogP contribution < -0.4 is 15.0 Å². The number of fused-ring (bicyclic) bond motifs is 1. The van der Waals surface area contributed by atoms with Crippen molar-refractivity contribution < 1.29 is 14.2 Å². The van der Waals surface area contributed by atoms with Crippen molar-refractivity contribution in [1.82, 2.24) is 15.2 Å². The fraction of sp³-hybridized carbons (Fsp3) is 0.316. The molecule has 2 aromatic carbocycles. The lowest BCUT2D eigenvalue weighted by atomic mass is 10.2. The van der Waals surface area contributed by atoms with Crippen LogP contribution in [0, 0.1) is 0 Å². The first-order chi connectivity index (χ1) is 13.2. The van der Waals surface area contributed by atoms with E-state index in [1.807, 2.05) is 18.2 Å². The number of ether oxygens (including phenoxy) is 1. The molecule has 0 atom stereocenters. The summed E-state index contributed by atoms with van der Waals surface area (Å²) in [6, 6.07) is 13.5. The molecule has 0 radical (unpaired) electrons. The summed E-state index contributed by atoms with van der Waals surface area (Å²) in [5.41, 5.74) is 2.98. The Hall–Kier alpha value is -3.13. The summed E-state index contributed by atoms with van der Waals surface area (Å²) in [6.45, 7) is 3.76. The minimum atomic E-state index is -0.0663. The molecule has 1 aliphatic heterocycles. The molecule has 8 nitrogen and oxygen atoms in total. The van der Waals surface area contributed by atoms with E-state index < -0.39 is 0 Å². The second kappa shape index (κ2) is 7.63. The van der Waals surface area contributed by atoms with Crippen LogP contribution in [0.2, 0.25) is 0 Å². The second-order valence-corrected chi connectivity index (χ2v) is 6.45. The largest absolute Gasteiger partial charge is 0.497 e. The van der Waals surface area contributed by atoms with Crippen LogP contribution in [0.5, 0.6) is 5.75 Å². The summed E-state index contributed by atoms with van der Waals surface area (Å²) < 4.78 is 9.93. The first-order valence-electron chi connectivity index (χ1n) is 8.85. The van der Waals surface area contributed by atoms with Crippen molar-refractivity contribution in [2.24, 2.45) is 0 Å². The normalized spacial score (nSPS) is 15.1. The standard InChI is InChI=1S/C19H21N5O3/c1-26-15-7-5-14(6-8-15)24-11-9-23(10-12-24)13-18(25)20-16-3-2-4-17-19(16)22-27-21-17/h2-8H,9-13H2,1H3,(H,20,25). The molecule has 1 aromatic heterocycles. The minimum Gasteiger partial charge on any atom is -0.497 e. The summed E-state index contributed by atoms with van der Waals surface area (Å²) in [5.74, 6) is 0.787. The van der Waals surface area contributed by atoms with Gasteiger partial charge >= 0.3 is 0 Å². The number of nitrogens with one attached hydrogen (secondary N) is 1. The monoisotopic (exact) mass is 367 g/mol. The highest BCUT2D eigenvalue weighted by atomic mass is 16.6. The SMILES string of the molecule is COc1ccc(N2CCN(CC(=O)Nc3cccc4nonc34)CC2)cc1. The number of hydrogen-bond donors (Lipinski definition) is 1. The highest BCUT2D eigenvalue weighted by Gasteiger charge is 2.20. The van der Waals surface area contributed by atoms with Gasteiger partial charge in [0, 0.05) is 31.9 Å². The molecule has 140 valence electrons. The van der Waals surface area contributed by atoms with Crippen molar-refractivity contribution in [2.75, 3.05) is 50.1 Å². The number of rotatable bonds is 5. The summed E-state index contributed by atoms with van der Waals surface area (Å²) in [7, 11) is 1.67. The summed E-state index contributed by atoms with van der Waals surface area (Å²) in [5, 5.41) is 10.5. The number of hydrogen-bond acceptors (Lipinski definition) is 7. The molecule has 2 heterocycles. The third kappa shape index (κ3) is 3.85. The predicted octanol–water partition coefficient (Wildman–Crippen LogP) is 1.99. The number of methoxy groups -OCH3 is 1. The number of anilines is 2. The summed E-state index contributed by atoms with van der Waals surface area (Å²) in [4.78, 5) is 16.9. The van der Waals surface area contributed by atoms with E-state index in [1.165, 1.54) is 5.69 Å². The summed E-state index contributed by atoms with van der Waals surface area (Å²) in [6.07, 6.45) is 0. The van der Waals surface area contributed by atoms with Gasteiger partial charge in [-0.1, -0.05) is 6.07 Å². The van der Waals surface area contributed by atoms with Gasteiger partial charge in [0.1, 0.15) is 11.3 Å². The van der Waals surface area contributed by atoms with Crippen molar-refractivity contribution in [3.05, 3.63) is 42.5 Å². The molecule has 1 saturated heterocycles. The smallest absolute Gasteiger partial charge is 0.238 e. The molecule has 4 rings (SSSR count). The molecular formula is C19H21N5O3. The fourth-order valence-electron chi connectivity index (χ4n) is 3.26.